The van der Waals surface area contributed by atoms with E-state index in [2.05, 4.69) is 41.7 Å². The number of aromatic nitrogens is 8. The fraction of sp³-hybridized carbons (Fsp3) is 0.500. The van der Waals surface area contributed by atoms with Gasteiger partial charge in [0.1, 0.15) is 53.0 Å². The lowest BCUT2D eigenvalue weighted by Gasteiger charge is -2.26. The van der Waals surface area contributed by atoms with Gasteiger partial charge in [0.2, 0.25) is 0 Å². The molecule has 0 saturated carbocycles. The van der Waals surface area contributed by atoms with Gasteiger partial charge in [-0.2, -0.15) is 0 Å². The number of anilines is 2. The monoisotopic (exact) mass is 756 g/mol. The average molecular weight is 757 g/mol. The van der Waals surface area contributed by atoms with Gasteiger partial charge in [0.15, 0.2) is 27.4 Å². The zero-order valence-corrected chi connectivity index (χ0v) is 28.0. The molecule has 26 heteroatoms. The zero-order valence-electron chi connectivity index (χ0n) is 23.0. The highest BCUT2D eigenvalue weighted by Gasteiger charge is 2.49. The number of aliphatic hydroxyl groups excluding tert-OH is 2. The van der Waals surface area contributed by atoms with E-state index < -0.39 is 69.6 Å². The maximum atomic E-state index is 11.3. The van der Waals surface area contributed by atoms with Crippen LogP contribution in [0.3, 0.4) is 0 Å². The number of imidazole rings is 2. The molecule has 11 N–H and O–H groups in total. The summed E-state index contributed by atoms with van der Waals surface area (Å²) in [6.07, 6.45) is -5.35. The predicted molar refractivity (Wildman–Crippen MR) is 171 cm³/mol. The molecule has 4 aromatic rings. The largest absolute Gasteiger partial charge is 0.390 e. The number of nitrogen functional groups attached to an aromatic ring is 2. The van der Waals surface area contributed by atoms with Crippen molar-refractivity contribution in [3.63, 3.8) is 0 Å². The summed E-state index contributed by atoms with van der Waals surface area (Å²) in [7, 11) is 0. The number of rotatable bonds is 10. The summed E-state index contributed by atoms with van der Waals surface area (Å²) in [4.78, 5) is 52.2. The van der Waals surface area contributed by atoms with E-state index in [1.165, 1.54) is 17.2 Å². The van der Waals surface area contributed by atoms with Crippen LogP contribution in [0.4, 0.5) is 11.9 Å². The third-order valence-electron chi connectivity index (χ3n) is 7.09. The molecule has 2 aliphatic heterocycles. The minimum Gasteiger partial charge on any atom is -0.390 e. The first-order valence-corrected chi connectivity index (χ1v) is 19.1. The second kappa shape index (κ2) is 12.8. The molecule has 250 valence electrons. The van der Waals surface area contributed by atoms with Crippen LogP contribution in [0, 0.1) is 9.28 Å². The second-order valence-corrected chi connectivity index (χ2v) is 16.4. The molecular weight excluding hydrogens is 730 g/mol. The maximum Gasteiger partial charge on any atom is 0.325 e. The molecule has 0 aliphatic carbocycles. The fourth-order valence-corrected chi connectivity index (χ4v) is 7.55. The smallest absolute Gasteiger partial charge is 0.325 e. The van der Waals surface area contributed by atoms with Gasteiger partial charge in [-0.1, -0.05) is 24.4 Å². The molecule has 4 unspecified atom stereocenters. The van der Waals surface area contributed by atoms with Crippen LogP contribution in [-0.2, 0) is 46.7 Å². The number of hydrogen-bond donors (Lipinski definition) is 9. The van der Waals surface area contributed by atoms with E-state index in [9.17, 15) is 24.9 Å². The van der Waals surface area contributed by atoms with Crippen molar-refractivity contribution in [2.75, 3.05) is 24.7 Å². The van der Waals surface area contributed by atoms with Gasteiger partial charge < -0.3 is 64.8 Å². The molecule has 0 amide bonds. The Labute approximate surface area is 277 Å². The Hall–Kier alpha value is -1.96. The summed E-state index contributed by atoms with van der Waals surface area (Å²) >= 11 is 20.1. The molecule has 0 radical (unpaired) electrons. The van der Waals surface area contributed by atoms with Crippen molar-refractivity contribution in [2.45, 2.75) is 49.4 Å². The standard InChI is InChI=1S/C20H26N10O10P2S4/c21-19-25-14-10(16(43)27-19)23-4-29(14)9-1-6(31)7(38-9)2-37-42(35,46)40-13-8(3-36-41(33,34)45)39-18(12(13)32)30-5-24-11-15(30)26-20(22)28-17(11)44/h4-9,12-13,18,31-32H,1-3H2,(H,35,46)(H2,33,34,45)(H3,21,25,27,43)(H3,22,26,28,44)/t6?,7-,8-,9-,12?,13?,18-,42?/m1/s1. The third-order valence-corrected chi connectivity index (χ3v) is 10.0. The normalized spacial score (nSPS) is 28.3. The van der Waals surface area contributed by atoms with Crippen LogP contribution >= 0.6 is 37.9 Å². The van der Waals surface area contributed by atoms with Gasteiger partial charge in [-0.15, -0.1) is 0 Å². The quantitative estimate of drug-likeness (QED) is 0.0754. The van der Waals surface area contributed by atoms with Gasteiger partial charge in [0.05, 0.1) is 32.0 Å². The van der Waals surface area contributed by atoms with Crippen LogP contribution in [0.15, 0.2) is 12.7 Å². The van der Waals surface area contributed by atoms with E-state index in [4.69, 9.17) is 70.8 Å². The summed E-state index contributed by atoms with van der Waals surface area (Å²) in [5.41, 5.74) is 12.9. The van der Waals surface area contributed by atoms with Crippen LogP contribution in [0.5, 0.6) is 0 Å². The van der Waals surface area contributed by atoms with Crippen LogP contribution in [0.1, 0.15) is 18.9 Å². The molecule has 0 bridgehead atoms. The van der Waals surface area contributed by atoms with Crippen molar-refractivity contribution >= 4 is 95.7 Å². The van der Waals surface area contributed by atoms with Gasteiger partial charge >= 0.3 is 13.4 Å². The summed E-state index contributed by atoms with van der Waals surface area (Å²) in [6.45, 7) is -9.33. The van der Waals surface area contributed by atoms with Gasteiger partial charge in [-0.25, -0.2) is 19.9 Å². The fourth-order valence-electron chi connectivity index (χ4n) is 5.09. The lowest BCUT2D eigenvalue weighted by molar-refractivity contribution is -0.0506. The number of ether oxygens (including phenoxy) is 2. The Kier molecular flexibility index (Phi) is 9.45. The first-order valence-electron chi connectivity index (χ1n) is 13.1. The average Bonchev–Trinajstić information content (AvgIpc) is 3.72. The van der Waals surface area contributed by atoms with E-state index in [0.29, 0.717) is 11.2 Å². The lowest BCUT2D eigenvalue weighted by atomic mass is 10.1. The van der Waals surface area contributed by atoms with Crippen molar-refractivity contribution in [1.29, 1.82) is 0 Å². The molecule has 46 heavy (non-hydrogen) atoms. The molecular formula is C20H26N10O10P2S4. The van der Waals surface area contributed by atoms with Crippen LogP contribution < -0.4 is 11.5 Å². The number of fused-ring (bicyclic) bond motifs is 2. The highest BCUT2D eigenvalue weighted by atomic mass is 32.5. The molecule has 20 nitrogen and oxygen atoms in total. The maximum absolute atomic E-state index is 11.3. The Bertz CT molecular complexity index is 2000. The molecule has 8 atom stereocenters. The molecule has 6 heterocycles. The minimum absolute atomic E-state index is 0.0240. The molecule has 6 rings (SSSR count). The van der Waals surface area contributed by atoms with E-state index in [1.54, 1.807) is 4.57 Å². The number of hydrogen-bond acceptors (Lipinski definition) is 17. The van der Waals surface area contributed by atoms with Crippen molar-refractivity contribution in [2.24, 2.45) is 0 Å². The number of nitrogens with two attached hydrogens (primary N) is 2. The molecule has 2 saturated heterocycles. The van der Waals surface area contributed by atoms with E-state index in [1.807, 2.05) is 0 Å². The van der Waals surface area contributed by atoms with Crippen LogP contribution in [0.2, 0.25) is 0 Å². The van der Waals surface area contributed by atoms with Crippen molar-refractivity contribution in [3.05, 3.63) is 21.9 Å². The zero-order chi connectivity index (χ0) is 33.1. The number of H-pyrrole nitrogens is 2. The topological polar surface area (TPSA) is 292 Å². The van der Waals surface area contributed by atoms with Gasteiger partial charge in [0, 0.05) is 6.42 Å². The van der Waals surface area contributed by atoms with Gasteiger partial charge in [-0.3, -0.25) is 13.7 Å². The number of nitrogens with one attached hydrogen (secondary N) is 2. The minimum atomic E-state index is -4.20. The third kappa shape index (κ3) is 6.94. The molecule has 2 aliphatic rings. The molecule has 4 aromatic heterocycles. The first-order chi connectivity index (χ1) is 21.6. The Morgan fingerprint density at radius 3 is 2.07 bits per heavy atom. The van der Waals surface area contributed by atoms with Crippen LogP contribution in [-0.4, -0.2) is 108 Å². The molecule has 0 aromatic carbocycles. The Balaban J connectivity index is 1.17. The number of aliphatic hydroxyl groups is 2. The second-order valence-electron chi connectivity index (χ2n) is 10.2. The molecule has 0 spiro atoms. The van der Waals surface area contributed by atoms with Crippen LogP contribution in [0.25, 0.3) is 22.3 Å². The van der Waals surface area contributed by atoms with Crippen molar-refractivity contribution < 1.29 is 47.9 Å². The predicted octanol–water partition coefficient (Wildman–Crippen LogP) is -0.0932. The van der Waals surface area contributed by atoms with Gasteiger partial charge in [0.25, 0.3) is 0 Å². The van der Waals surface area contributed by atoms with Gasteiger partial charge in [-0.05, 0) is 23.6 Å². The summed E-state index contributed by atoms with van der Waals surface area (Å²) < 4.78 is 31.3. The van der Waals surface area contributed by atoms with E-state index in [0.717, 1.165) is 0 Å². The van der Waals surface area contributed by atoms with Crippen molar-refractivity contribution in [1.82, 2.24) is 39.0 Å². The Morgan fingerprint density at radius 2 is 1.46 bits per heavy atom. The first kappa shape index (κ1) is 33.9. The SMILES string of the molecule is Nc1nc(=S)c2ncn([C@@H]3O[C@H](COP(O)(O)=S)C(OP(O)(=S)OC[C@H]4O[C@@H](n5cnc6c(=S)nc(N)[nH]c65)CC4O)C3O)c2[nH]1. The summed E-state index contributed by atoms with van der Waals surface area (Å²) in [6, 6.07) is 0. The lowest BCUT2D eigenvalue weighted by Crippen LogP contribution is -2.36. The highest BCUT2D eigenvalue weighted by molar-refractivity contribution is 8.07. The number of nitrogens with zero attached hydrogens (tertiary/aromatic N) is 6. The van der Waals surface area contributed by atoms with E-state index >= 15 is 0 Å². The Morgan fingerprint density at radius 1 is 0.891 bits per heavy atom. The van der Waals surface area contributed by atoms with E-state index in [-0.39, 0.29) is 38.8 Å². The molecule has 2 fully saturated rings. The highest BCUT2D eigenvalue weighted by Crippen LogP contribution is 2.50. The summed E-state index contributed by atoms with van der Waals surface area (Å²) in [5, 5.41) is 22.0. The summed E-state index contributed by atoms with van der Waals surface area (Å²) in [5.74, 6) is 0.0489. The van der Waals surface area contributed by atoms with Crippen molar-refractivity contribution in [3.8, 4) is 0 Å². The number of aromatic amines is 2.